The summed E-state index contributed by atoms with van der Waals surface area (Å²) in [5, 5.41) is 17.4. The van der Waals surface area contributed by atoms with Crippen LogP contribution in [0, 0.1) is 5.92 Å². The van der Waals surface area contributed by atoms with Crippen molar-refractivity contribution in [2.45, 2.75) is 23.9 Å². The molecule has 3 aromatic carbocycles. The molecule has 5 N–H and O–H groups in total. The van der Waals surface area contributed by atoms with Crippen LogP contribution in [0.15, 0.2) is 89.8 Å². The van der Waals surface area contributed by atoms with Gasteiger partial charge in [-0.05, 0) is 35.9 Å². The first-order chi connectivity index (χ1) is 19.6. The second-order valence-corrected chi connectivity index (χ2v) is 11.0. The zero-order valence-corrected chi connectivity index (χ0v) is 22.6. The molecule has 214 valence electrons. The molecule has 2 unspecified atom stereocenters. The Labute approximate surface area is 236 Å². The molecule has 1 aliphatic rings. The van der Waals surface area contributed by atoms with Gasteiger partial charge in [-0.3, -0.25) is 14.4 Å². The van der Waals surface area contributed by atoms with Gasteiger partial charge >= 0.3 is 12.0 Å². The van der Waals surface area contributed by atoms with Crippen LogP contribution in [-0.4, -0.2) is 56.5 Å². The maximum atomic E-state index is 12.8. The highest BCUT2D eigenvalue weighted by Gasteiger charge is 2.36. The van der Waals surface area contributed by atoms with Gasteiger partial charge in [0, 0.05) is 37.4 Å². The van der Waals surface area contributed by atoms with E-state index in [0.29, 0.717) is 17.9 Å². The van der Waals surface area contributed by atoms with Crippen LogP contribution >= 0.6 is 0 Å². The van der Waals surface area contributed by atoms with Crippen LogP contribution in [0.5, 0.6) is 0 Å². The molecule has 4 amide bonds. The smallest absolute Gasteiger partial charge is 0.323 e. The van der Waals surface area contributed by atoms with E-state index in [1.165, 1.54) is 29.2 Å². The minimum absolute atomic E-state index is 0.0296. The molecule has 0 saturated carbocycles. The maximum absolute atomic E-state index is 12.8. The molecule has 0 aromatic heterocycles. The maximum Gasteiger partial charge on any atom is 0.323 e. The predicted molar refractivity (Wildman–Crippen MR) is 150 cm³/mol. The number of benzene rings is 3. The van der Waals surface area contributed by atoms with Gasteiger partial charge in [-0.2, -0.15) is 4.72 Å². The molecular weight excluding hydrogens is 550 g/mol. The topological polar surface area (TPSA) is 174 Å². The Hall–Kier alpha value is -4.75. The molecule has 0 spiro atoms. The lowest BCUT2D eigenvalue weighted by Crippen LogP contribution is -2.49. The largest absolute Gasteiger partial charge is 0.480 e. The van der Waals surface area contributed by atoms with Gasteiger partial charge in [0.2, 0.25) is 21.8 Å². The molecule has 1 heterocycles. The van der Waals surface area contributed by atoms with Gasteiger partial charge in [0.1, 0.15) is 6.04 Å². The van der Waals surface area contributed by atoms with Gasteiger partial charge < -0.3 is 26.0 Å². The van der Waals surface area contributed by atoms with E-state index >= 15 is 0 Å². The molecule has 12 nitrogen and oxygen atoms in total. The highest BCUT2D eigenvalue weighted by atomic mass is 32.2. The summed E-state index contributed by atoms with van der Waals surface area (Å²) in [6.45, 7) is -0.144. The number of nitrogens with one attached hydrogen (secondary N) is 4. The van der Waals surface area contributed by atoms with Crippen LogP contribution in [0.3, 0.4) is 0 Å². The quantitative estimate of drug-likeness (QED) is 0.231. The third kappa shape index (κ3) is 7.90. The Morgan fingerprint density at radius 1 is 0.927 bits per heavy atom. The van der Waals surface area contributed by atoms with E-state index in [0.717, 1.165) is 5.56 Å². The lowest BCUT2D eigenvalue weighted by Gasteiger charge is -2.19. The Morgan fingerprint density at radius 2 is 1.61 bits per heavy atom. The standard InChI is InChI=1S/C28H29N5O7S/c34-25-14-20(26(35)29-17-24(27(36)37)32-41(39,40)23-12-5-2-6-13-23)18-33(25)22-11-7-10-21(15-22)31-28(38)30-16-19-8-3-1-4-9-19/h1-13,15,20,24,32H,14,16-18H2,(H,29,35)(H,36,37)(H2,30,31,38). The summed E-state index contributed by atoms with van der Waals surface area (Å²) in [6.07, 6.45) is -0.117. The Kier molecular flexibility index (Phi) is 9.32. The normalized spacial score (nSPS) is 15.7. The lowest BCUT2D eigenvalue weighted by molar-refractivity contribution is -0.139. The number of nitrogens with zero attached hydrogens (tertiary/aromatic N) is 1. The average Bonchev–Trinajstić information content (AvgIpc) is 3.36. The number of carbonyl (C=O) groups excluding carboxylic acids is 3. The lowest BCUT2D eigenvalue weighted by atomic mass is 10.1. The number of hydrogen-bond acceptors (Lipinski definition) is 6. The summed E-state index contributed by atoms with van der Waals surface area (Å²) in [5.41, 5.74) is 1.86. The molecule has 4 rings (SSSR count). The molecular formula is C28H29N5O7S. The molecule has 0 aliphatic carbocycles. The first-order valence-corrected chi connectivity index (χ1v) is 14.2. The van der Waals surface area contributed by atoms with Crippen LogP contribution in [0.2, 0.25) is 0 Å². The Balaban J connectivity index is 1.32. The van der Waals surface area contributed by atoms with Crippen molar-refractivity contribution in [2.24, 2.45) is 5.92 Å². The SMILES string of the molecule is O=C(NCc1ccccc1)Nc1cccc(N2CC(C(=O)NCC(NS(=O)(=O)c3ccccc3)C(=O)O)CC2=O)c1. The van der Waals surface area contributed by atoms with E-state index in [1.54, 1.807) is 30.3 Å². The third-order valence-electron chi connectivity index (χ3n) is 6.34. The fraction of sp³-hybridized carbons (Fsp3) is 0.214. The van der Waals surface area contributed by atoms with Crippen molar-refractivity contribution >= 4 is 45.2 Å². The Morgan fingerprint density at radius 3 is 2.29 bits per heavy atom. The summed E-state index contributed by atoms with van der Waals surface area (Å²) in [5.74, 6) is -3.16. The molecule has 41 heavy (non-hydrogen) atoms. The van der Waals surface area contributed by atoms with Crippen molar-refractivity contribution in [2.75, 3.05) is 23.3 Å². The van der Waals surface area contributed by atoms with E-state index in [4.69, 9.17) is 0 Å². The van der Waals surface area contributed by atoms with E-state index < -0.39 is 46.4 Å². The van der Waals surface area contributed by atoms with Crippen LogP contribution in [0.4, 0.5) is 16.2 Å². The molecule has 1 saturated heterocycles. The number of carboxylic acids is 1. The fourth-order valence-corrected chi connectivity index (χ4v) is 5.43. The number of rotatable bonds is 11. The van der Waals surface area contributed by atoms with Crippen molar-refractivity contribution in [3.05, 3.63) is 90.5 Å². The predicted octanol–water partition coefficient (Wildman–Crippen LogP) is 1.91. The zero-order valence-electron chi connectivity index (χ0n) is 21.8. The van der Waals surface area contributed by atoms with Crippen molar-refractivity contribution in [1.29, 1.82) is 0 Å². The number of aliphatic carboxylic acids is 1. The van der Waals surface area contributed by atoms with E-state index in [1.807, 2.05) is 30.3 Å². The highest BCUT2D eigenvalue weighted by molar-refractivity contribution is 7.89. The number of carboxylic acid groups (broad SMARTS) is 1. The molecule has 3 aromatic rings. The molecule has 13 heteroatoms. The molecule has 2 atom stereocenters. The van der Waals surface area contributed by atoms with Crippen molar-refractivity contribution in [1.82, 2.24) is 15.4 Å². The van der Waals surface area contributed by atoms with E-state index in [2.05, 4.69) is 20.7 Å². The molecule has 0 bridgehead atoms. The van der Waals surface area contributed by atoms with Gasteiger partial charge in [-0.1, -0.05) is 54.6 Å². The minimum Gasteiger partial charge on any atom is -0.480 e. The van der Waals surface area contributed by atoms with Crippen LogP contribution in [-0.2, 0) is 31.0 Å². The zero-order chi connectivity index (χ0) is 29.4. The fourth-order valence-electron chi connectivity index (χ4n) is 4.22. The molecule has 1 fully saturated rings. The van der Waals surface area contributed by atoms with Crippen molar-refractivity contribution in [3.8, 4) is 0 Å². The molecule has 0 radical (unpaired) electrons. The van der Waals surface area contributed by atoms with Gasteiger partial charge in [0.15, 0.2) is 0 Å². The average molecular weight is 580 g/mol. The summed E-state index contributed by atoms with van der Waals surface area (Å²) < 4.78 is 27.1. The number of urea groups is 1. The summed E-state index contributed by atoms with van der Waals surface area (Å²) in [6, 6.07) is 21.2. The monoisotopic (exact) mass is 579 g/mol. The van der Waals surface area contributed by atoms with Crippen LogP contribution in [0.25, 0.3) is 0 Å². The number of hydrogen-bond donors (Lipinski definition) is 5. The first kappa shape index (κ1) is 29.2. The second-order valence-electron chi connectivity index (χ2n) is 9.32. The highest BCUT2D eigenvalue weighted by Crippen LogP contribution is 2.27. The number of sulfonamides is 1. The summed E-state index contributed by atoms with van der Waals surface area (Å²) >= 11 is 0. The number of anilines is 2. The second kappa shape index (κ2) is 13.1. The Bertz CT molecular complexity index is 1520. The summed E-state index contributed by atoms with van der Waals surface area (Å²) in [4.78, 5) is 50.8. The summed E-state index contributed by atoms with van der Waals surface area (Å²) in [7, 11) is -4.13. The number of amides is 4. The van der Waals surface area contributed by atoms with Crippen LogP contribution < -0.4 is 25.6 Å². The number of carbonyl (C=O) groups is 4. The van der Waals surface area contributed by atoms with Crippen LogP contribution in [0.1, 0.15) is 12.0 Å². The molecule has 1 aliphatic heterocycles. The van der Waals surface area contributed by atoms with Gasteiger partial charge in [0.05, 0.1) is 10.8 Å². The van der Waals surface area contributed by atoms with Gasteiger partial charge in [0.25, 0.3) is 0 Å². The minimum atomic E-state index is -4.13. The van der Waals surface area contributed by atoms with Crippen molar-refractivity contribution < 1.29 is 32.7 Å². The first-order valence-electron chi connectivity index (χ1n) is 12.7. The van der Waals surface area contributed by atoms with Crippen molar-refractivity contribution in [3.63, 3.8) is 0 Å². The van der Waals surface area contributed by atoms with Gasteiger partial charge in [-0.25, -0.2) is 13.2 Å². The third-order valence-corrected chi connectivity index (χ3v) is 7.82. The van der Waals surface area contributed by atoms with E-state index in [9.17, 15) is 32.7 Å². The van der Waals surface area contributed by atoms with E-state index in [-0.39, 0.29) is 23.8 Å². The van der Waals surface area contributed by atoms with Gasteiger partial charge in [-0.15, -0.1) is 0 Å².